The molecule has 0 fully saturated rings. The quantitative estimate of drug-likeness (QED) is 0.821. The normalized spacial score (nSPS) is 12.4. The zero-order chi connectivity index (χ0) is 13.8. The summed E-state index contributed by atoms with van der Waals surface area (Å²) in [5.41, 5.74) is 1.81. The van der Waals surface area contributed by atoms with Crippen LogP contribution in [0, 0.1) is 5.82 Å². The lowest BCUT2D eigenvalue weighted by Gasteiger charge is -2.14. The Labute approximate surface area is 125 Å². The Morgan fingerprint density at radius 2 is 2.00 bits per heavy atom. The molecule has 2 aromatic carbocycles. The van der Waals surface area contributed by atoms with Gasteiger partial charge in [0.1, 0.15) is 5.82 Å². The van der Waals surface area contributed by atoms with Crippen LogP contribution in [0.3, 0.4) is 0 Å². The molecule has 1 nitrogen and oxygen atoms in total. The Morgan fingerprint density at radius 1 is 1.26 bits per heavy atom. The lowest BCUT2D eigenvalue weighted by atomic mass is 10.0. The number of aliphatic hydroxyl groups is 1. The van der Waals surface area contributed by atoms with Gasteiger partial charge in [-0.3, -0.25) is 0 Å². The second kappa shape index (κ2) is 6.55. The summed E-state index contributed by atoms with van der Waals surface area (Å²) >= 11 is 4.77. The van der Waals surface area contributed by atoms with Crippen molar-refractivity contribution in [2.24, 2.45) is 0 Å². The molecule has 0 aromatic heterocycles. The van der Waals surface area contributed by atoms with Crippen molar-refractivity contribution < 1.29 is 9.50 Å². The van der Waals surface area contributed by atoms with Crippen molar-refractivity contribution in [1.29, 1.82) is 0 Å². The summed E-state index contributed by atoms with van der Waals surface area (Å²) in [4.78, 5) is 1.07. The third-order valence-corrected chi connectivity index (χ3v) is 4.33. The molecule has 0 aliphatic rings. The summed E-state index contributed by atoms with van der Waals surface area (Å²) in [6.07, 6.45) is 1.87. The summed E-state index contributed by atoms with van der Waals surface area (Å²) in [5, 5.41) is 10.3. The molecule has 0 amide bonds. The SMILES string of the molecule is CSc1ccccc1C(O)Cc1ccc(F)c(Br)c1. The van der Waals surface area contributed by atoms with Gasteiger partial charge in [-0.25, -0.2) is 4.39 Å². The van der Waals surface area contributed by atoms with Crippen molar-refractivity contribution in [3.05, 3.63) is 63.9 Å². The van der Waals surface area contributed by atoms with Crippen LogP contribution < -0.4 is 0 Å². The zero-order valence-corrected chi connectivity index (χ0v) is 12.8. The summed E-state index contributed by atoms with van der Waals surface area (Å²) in [6, 6.07) is 12.6. The third kappa shape index (κ3) is 3.59. The largest absolute Gasteiger partial charge is 0.388 e. The Kier molecular flexibility index (Phi) is 5.02. The molecule has 1 unspecified atom stereocenters. The number of aliphatic hydroxyl groups excluding tert-OH is 1. The van der Waals surface area contributed by atoms with Crippen molar-refractivity contribution in [2.45, 2.75) is 17.4 Å². The first-order valence-corrected chi connectivity index (χ1v) is 7.88. The molecule has 1 N–H and O–H groups in total. The molecular formula is C15H14BrFOS. The van der Waals surface area contributed by atoms with Gasteiger partial charge in [0.25, 0.3) is 0 Å². The van der Waals surface area contributed by atoms with Crippen molar-refractivity contribution in [2.75, 3.05) is 6.26 Å². The molecule has 2 rings (SSSR count). The van der Waals surface area contributed by atoms with Crippen molar-refractivity contribution in [3.8, 4) is 0 Å². The van der Waals surface area contributed by atoms with Gasteiger partial charge in [-0.2, -0.15) is 0 Å². The molecule has 0 heterocycles. The van der Waals surface area contributed by atoms with Crippen LogP contribution in [0.15, 0.2) is 51.8 Å². The Bertz CT molecular complexity index is 574. The van der Waals surface area contributed by atoms with E-state index in [1.54, 1.807) is 23.9 Å². The van der Waals surface area contributed by atoms with Gasteiger partial charge in [0.15, 0.2) is 0 Å². The standard InChI is InChI=1S/C15H14BrFOS/c1-19-15-5-3-2-4-11(15)14(18)9-10-6-7-13(17)12(16)8-10/h2-8,14,18H,9H2,1H3. The van der Waals surface area contributed by atoms with E-state index in [-0.39, 0.29) is 5.82 Å². The van der Waals surface area contributed by atoms with E-state index in [1.807, 2.05) is 30.5 Å². The van der Waals surface area contributed by atoms with Gasteiger partial charge in [0.05, 0.1) is 10.6 Å². The van der Waals surface area contributed by atoms with Gasteiger partial charge in [0.2, 0.25) is 0 Å². The number of hydrogen-bond acceptors (Lipinski definition) is 2. The van der Waals surface area contributed by atoms with Crippen molar-refractivity contribution in [1.82, 2.24) is 0 Å². The second-order valence-electron chi connectivity index (χ2n) is 4.21. The first kappa shape index (κ1) is 14.6. The third-order valence-electron chi connectivity index (χ3n) is 2.91. The van der Waals surface area contributed by atoms with Gasteiger partial charge in [-0.05, 0) is 51.5 Å². The first-order valence-electron chi connectivity index (χ1n) is 5.86. The molecule has 4 heteroatoms. The van der Waals surface area contributed by atoms with E-state index in [2.05, 4.69) is 15.9 Å². The van der Waals surface area contributed by atoms with E-state index in [0.29, 0.717) is 10.9 Å². The van der Waals surface area contributed by atoms with Crippen LogP contribution in [0.4, 0.5) is 4.39 Å². The Balaban J connectivity index is 2.20. The van der Waals surface area contributed by atoms with Crippen molar-refractivity contribution in [3.63, 3.8) is 0 Å². The lowest BCUT2D eigenvalue weighted by Crippen LogP contribution is -2.03. The van der Waals surface area contributed by atoms with Crippen LogP contribution in [0.5, 0.6) is 0 Å². The molecule has 0 radical (unpaired) electrons. The fourth-order valence-corrected chi connectivity index (χ4v) is 3.02. The van der Waals surface area contributed by atoms with E-state index in [0.717, 1.165) is 16.0 Å². The maximum Gasteiger partial charge on any atom is 0.137 e. The van der Waals surface area contributed by atoms with E-state index in [1.165, 1.54) is 6.07 Å². The Morgan fingerprint density at radius 3 is 2.68 bits per heavy atom. The first-order chi connectivity index (χ1) is 9.11. The van der Waals surface area contributed by atoms with Crippen LogP contribution in [0.25, 0.3) is 0 Å². The molecular weight excluding hydrogens is 327 g/mol. The van der Waals surface area contributed by atoms with E-state index in [4.69, 9.17) is 0 Å². The minimum Gasteiger partial charge on any atom is -0.388 e. The molecule has 0 saturated heterocycles. The fourth-order valence-electron chi connectivity index (χ4n) is 1.94. The Hall–Kier alpha value is -0.840. The van der Waals surface area contributed by atoms with Crippen LogP contribution in [-0.4, -0.2) is 11.4 Å². The maximum atomic E-state index is 13.2. The zero-order valence-electron chi connectivity index (χ0n) is 10.4. The smallest absolute Gasteiger partial charge is 0.137 e. The van der Waals surface area contributed by atoms with Crippen molar-refractivity contribution >= 4 is 27.7 Å². The summed E-state index contributed by atoms with van der Waals surface area (Å²) in [5.74, 6) is -0.289. The predicted octanol–water partition coefficient (Wildman–Crippen LogP) is 4.59. The molecule has 100 valence electrons. The molecule has 0 saturated carbocycles. The number of halogens is 2. The molecule has 0 spiro atoms. The van der Waals surface area contributed by atoms with Crippen LogP contribution >= 0.6 is 27.7 Å². The highest BCUT2D eigenvalue weighted by Gasteiger charge is 2.13. The molecule has 2 aromatic rings. The molecule has 0 bridgehead atoms. The molecule has 0 aliphatic carbocycles. The highest BCUT2D eigenvalue weighted by Crippen LogP contribution is 2.28. The molecule has 1 atom stereocenters. The monoisotopic (exact) mass is 340 g/mol. The second-order valence-corrected chi connectivity index (χ2v) is 5.91. The summed E-state index contributed by atoms with van der Waals surface area (Å²) < 4.78 is 13.6. The number of rotatable bonds is 4. The van der Waals surface area contributed by atoms with E-state index >= 15 is 0 Å². The fraction of sp³-hybridized carbons (Fsp3) is 0.200. The number of hydrogen-bond donors (Lipinski definition) is 1. The van der Waals surface area contributed by atoms with Crippen LogP contribution in [0.2, 0.25) is 0 Å². The van der Waals surface area contributed by atoms with E-state index in [9.17, 15) is 9.50 Å². The van der Waals surface area contributed by atoms with Gasteiger partial charge >= 0.3 is 0 Å². The number of thioether (sulfide) groups is 1. The van der Waals surface area contributed by atoms with Gasteiger partial charge in [-0.1, -0.05) is 24.3 Å². The molecule has 0 aliphatic heterocycles. The minimum atomic E-state index is -0.582. The highest BCUT2D eigenvalue weighted by atomic mass is 79.9. The lowest BCUT2D eigenvalue weighted by molar-refractivity contribution is 0.175. The average Bonchev–Trinajstić information content (AvgIpc) is 2.43. The molecule has 19 heavy (non-hydrogen) atoms. The van der Waals surface area contributed by atoms with Crippen LogP contribution in [0.1, 0.15) is 17.2 Å². The van der Waals surface area contributed by atoms with Gasteiger partial charge < -0.3 is 5.11 Å². The topological polar surface area (TPSA) is 20.2 Å². The number of benzene rings is 2. The van der Waals surface area contributed by atoms with E-state index < -0.39 is 6.10 Å². The van der Waals surface area contributed by atoms with Gasteiger partial charge in [0, 0.05) is 11.3 Å². The maximum absolute atomic E-state index is 13.2. The highest BCUT2D eigenvalue weighted by molar-refractivity contribution is 9.10. The summed E-state index contributed by atoms with van der Waals surface area (Å²) in [7, 11) is 0. The van der Waals surface area contributed by atoms with Gasteiger partial charge in [-0.15, -0.1) is 11.8 Å². The predicted molar refractivity (Wildman–Crippen MR) is 81.0 cm³/mol. The minimum absolute atomic E-state index is 0.289. The van der Waals surface area contributed by atoms with Crippen LogP contribution in [-0.2, 0) is 6.42 Å². The average molecular weight is 341 g/mol. The summed E-state index contributed by atoms with van der Waals surface area (Å²) in [6.45, 7) is 0.